The Hall–Kier alpha value is -0.850. The number of nitrogens with zero attached hydrogens (tertiary/aromatic N) is 3. The zero-order valence-corrected chi connectivity index (χ0v) is 13.0. The van der Waals surface area contributed by atoms with Gasteiger partial charge >= 0.3 is 0 Å². The van der Waals surface area contributed by atoms with Crippen molar-refractivity contribution in [2.75, 3.05) is 0 Å². The molecule has 0 unspecified atom stereocenters. The Morgan fingerprint density at radius 2 is 1.83 bits per heavy atom. The molecule has 2 aromatic rings. The monoisotopic (exact) mass is 282 g/mol. The van der Waals surface area contributed by atoms with Gasteiger partial charge in [-0.3, -0.25) is 0 Å². The van der Waals surface area contributed by atoms with Crippen molar-refractivity contribution in [2.45, 2.75) is 46.7 Å². The lowest BCUT2D eigenvalue weighted by molar-refractivity contribution is 0.423. The van der Waals surface area contributed by atoms with Crippen molar-refractivity contribution in [2.24, 2.45) is 0 Å². The molecule has 1 N–H and O–H groups in total. The Labute approximate surface area is 116 Å². The maximum Gasteiger partial charge on any atom is 0.159 e. The lowest BCUT2D eigenvalue weighted by atomic mass is 10.1. The minimum atomic E-state index is 0.100. The lowest BCUT2D eigenvalue weighted by Gasteiger charge is -2.19. The van der Waals surface area contributed by atoms with E-state index >= 15 is 0 Å². The van der Waals surface area contributed by atoms with E-state index < -0.39 is 0 Å². The molecule has 0 aliphatic heterocycles. The summed E-state index contributed by atoms with van der Waals surface area (Å²) in [6.45, 7) is 11.2. The van der Waals surface area contributed by atoms with Crippen LogP contribution in [0.2, 0.25) is 0 Å². The molecule has 0 saturated heterocycles. The van der Waals surface area contributed by atoms with Gasteiger partial charge in [0.15, 0.2) is 5.01 Å². The van der Waals surface area contributed by atoms with Crippen molar-refractivity contribution in [1.82, 2.24) is 20.5 Å². The fourth-order valence-corrected chi connectivity index (χ4v) is 3.31. The van der Waals surface area contributed by atoms with E-state index in [-0.39, 0.29) is 5.54 Å². The zero-order chi connectivity index (χ0) is 13.3. The maximum absolute atomic E-state index is 4.42. The van der Waals surface area contributed by atoms with Gasteiger partial charge in [-0.25, -0.2) is 4.98 Å². The summed E-state index contributed by atoms with van der Waals surface area (Å²) in [6, 6.07) is 0. The first-order valence-electron chi connectivity index (χ1n) is 5.87. The van der Waals surface area contributed by atoms with Gasteiger partial charge in [0.1, 0.15) is 5.01 Å². The molecule has 0 saturated carbocycles. The Balaban J connectivity index is 2.13. The summed E-state index contributed by atoms with van der Waals surface area (Å²) in [6.07, 6.45) is 0. The highest BCUT2D eigenvalue weighted by Crippen LogP contribution is 2.31. The summed E-state index contributed by atoms with van der Waals surface area (Å²) in [4.78, 5) is 5.57. The largest absolute Gasteiger partial charge is 0.306 e. The highest BCUT2D eigenvalue weighted by molar-refractivity contribution is 7.21. The molecule has 0 amide bonds. The first kappa shape index (κ1) is 13.6. The van der Waals surface area contributed by atoms with Crippen molar-refractivity contribution in [3.63, 3.8) is 0 Å². The first-order chi connectivity index (χ1) is 8.35. The second-order valence-corrected chi connectivity index (χ2v) is 7.52. The van der Waals surface area contributed by atoms with Crippen LogP contribution in [-0.2, 0) is 6.54 Å². The molecule has 4 nitrogen and oxygen atoms in total. The predicted octanol–water partition coefficient (Wildman–Crippen LogP) is 3.17. The predicted molar refractivity (Wildman–Crippen MR) is 77.1 cm³/mol. The lowest BCUT2D eigenvalue weighted by Crippen LogP contribution is -2.35. The second-order valence-electron chi connectivity index (χ2n) is 5.25. The van der Waals surface area contributed by atoms with E-state index in [1.165, 1.54) is 0 Å². The van der Waals surface area contributed by atoms with Gasteiger partial charge < -0.3 is 5.32 Å². The maximum atomic E-state index is 4.42. The normalized spacial score (nSPS) is 12.1. The summed E-state index contributed by atoms with van der Waals surface area (Å²) in [7, 11) is 0. The van der Waals surface area contributed by atoms with Crippen molar-refractivity contribution < 1.29 is 0 Å². The van der Waals surface area contributed by atoms with Crippen LogP contribution in [0.3, 0.4) is 0 Å². The molecule has 2 aromatic heterocycles. The van der Waals surface area contributed by atoms with Crippen LogP contribution in [-0.4, -0.2) is 20.7 Å². The van der Waals surface area contributed by atoms with E-state index in [0.717, 1.165) is 32.1 Å². The van der Waals surface area contributed by atoms with Crippen LogP contribution >= 0.6 is 22.7 Å². The molecular formula is C12H18N4S2. The molecule has 0 spiro atoms. The average molecular weight is 282 g/mol. The standard InChI is InChI=1S/C12H18N4S2/c1-7-10(17-8(2)14-7)11-16-15-9(18-11)6-13-12(3,4)5/h13H,6H2,1-5H3. The second kappa shape index (κ2) is 5.03. The summed E-state index contributed by atoms with van der Waals surface area (Å²) in [5.41, 5.74) is 1.15. The van der Waals surface area contributed by atoms with Crippen molar-refractivity contribution in [3.8, 4) is 9.88 Å². The smallest absolute Gasteiger partial charge is 0.159 e. The molecule has 0 fully saturated rings. The molecule has 0 aliphatic carbocycles. The molecule has 0 aromatic carbocycles. The fraction of sp³-hybridized carbons (Fsp3) is 0.583. The van der Waals surface area contributed by atoms with E-state index in [1.54, 1.807) is 22.7 Å². The van der Waals surface area contributed by atoms with Gasteiger partial charge in [-0.2, -0.15) is 0 Å². The molecule has 18 heavy (non-hydrogen) atoms. The van der Waals surface area contributed by atoms with E-state index in [0.29, 0.717) is 0 Å². The summed E-state index contributed by atoms with van der Waals surface area (Å²) < 4.78 is 0. The molecule has 0 bridgehead atoms. The Bertz CT molecular complexity index is 537. The number of aryl methyl sites for hydroxylation is 2. The van der Waals surface area contributed by atoms with Gasteiger partial charge in [0, 0.05) is 5.54 Å². The van der Waals surface area contributed by atoms with E-state index in [2.05, 4.69) is 41.3 Å². The first-order valence-corrected chi connectivity index (χ1v) is 7.50. The average Bonchev–Trinajstić information content (AvgIpc) is 2.81. The number of hydrogen-bond donors (Lipinski definition) is 1. The van der Waals surface area contributed by atoms with E-state index in [4.69, 9.17) is 0 Å². The third-order valence-corrected chi connectivity index (χ3v) is 4.48. The van der Waals surface area contributed by atoms with E-state index in [1.807, 2.05) is 13.8 Å². The number of nitrogens with one attached hydrogen (secondary N) is 1. The molecule has 0 atom stereocenters. The summed E-state index contributed by atoms with van der Waals surface area (Å²) in [5.74, 6) is 0. The van der Waals surface area contributed by atoms with Gasteiger partial charge in [-0.05, 0) is 34.6 Å². The third kappa shape index (κ3) is 3.34. The number of hydrogen-bond acceptors (Lipinski definition) is 6. The molecule has 0 radical (unpaired) electrons. The van der Waals surface area contributed by atoms with Crippen molar-refractivity contribution >= 4 is 22.7 Å². The van der Waals surface area contributed by atoms with Crippen LogP contribution in [0.4, 0.5) is 0 Å². The van der Waals surface area contributed by atoms with Gasteiger partial charge in [0.25, 0.3) is 0 Å². The topological polar surface area (TPSA) is 50.7 Å². The van der Waals surface area contributed by atoms with Gasteiger partial charge in [0.05, 0.1) is 22.1 Å². The van der Waals surface area contributed by atoms with Crippen molar-refractivity contribution in [1.29, 1.82) is 0 Å². The Morgan fingerprint density at radius 3 is 2.39 bits per heavy atom. The molecule has 98 valence electrons. The van der Waals surface area contributed by atoms with E-state index in [9.17, 15) is 0 Å². The minimum Gasteiger partial charge on any atom is -0.306 e. The van der Waals surface area contributed by atoms with Crippen molar-refractivity contribution in [3.05, 3.63) is 15.7 Å². The van der Waals surface area contributed by atoms with Crippen LogP contribution < -0.4 is 5.32 Å². The van der Waals surface area contributed by atoms with Crippen LogP contribution in [0.5, 0.6) is 0 Å². The van der Waals surface area contributed by atoms with Crippen LogP contribution in [0.25, 0.3) is 9.88 Å². The van der Waals surface area contributed by atoms with Crippen LogP contribution in [0, 0.1) is 13.8 Å². The van der Waals surface area contributed by atoms with Gasteiger partial charge in [0.2, 0.25) is 0 Å². The number of rotatable bonds is 3. The van der Waals surface area contributed by atoms with Crippen LogP contribution in [0.15, 0.2) is 0 Å². The third-order valence-electron chi connectivity index (χ3n) is 2.33. The summed E-state index contributed by atoms with van der Waals surface area (Å²) >= 11 is 3.32. The summed E-state index contributed by atoms with van der Waals surface area (Å²) in [5, 5.41) is 15.0. The Kier molecular flexibility index (Phi) is 3.79. The highest BCUT2D eigenvalue weighted by atomic mass is 32.1. The molecule has 2 rings (SSSR count). The number of aromatic nitrogens is 3. The van der Waals surface area contributed by atoms with Gasteiger partial charge in [-0.1, -0.05) is 11.3 Å². The molecule has 0 aliphatic rings. The molecular weight excluding hydrogens is 264 g/mol. The highest BCUT2D eigenvalue weighted by Gasteiger charge is 2.14. The SMILES string of the molecule is Cc1nc(C)c(-c2nnc(CNC(C)(C)C)s2)s1. The van der Waals surface area contributed by atoms with Gasteiger partial charge in [-0.15, -0.1) is 21.5 Å². The minimum absolute atomic E-state index is 0.100. The molecule has 2 heterocycles. The fourth-order valence-electron chi connectivity index (χ4n) is 1.49. The zero-order valence-electron chi connectivity index (χ0n) is 11.4. The Morgan fingerprint density at radius 1 is 1.11 bits per heavy atom. The number of thiazole rings is 1. The molecule has 6 heteroatoms. The quantitative estimate of drug-likeness (QED) is 0.939. The van der Waals surface area contributed by atoms with Crippen LogP contribution in [0.1, 0.15) is 36.5 Å².